The number of halogens is 1. The fourth-order valence-electron chi connectivity index (χ4n) is 1.76. The van der Waals surface area contributed by atoms with Gasteiger partial charge in [0.2, 0.25) is 0 Å². The number of aliphatic hydroxyl groups excluding tert-OH is 1. The molecule has 1 fully saturated rings. The third-order valence-electron chi connectivity index (χ3n) is 2.83. The number of anilines is 1. The average Bonchev–Trinajstić information content (AvgIpc) is 3.15. The number of hydrogen-bond donors (Lipinski definition) is 2. The third kappa shape index (κ3) is 2.55. The number of ether oxygens (including phenoxy) is 1. The van der Waals surface area contributed by atoms with E-state index in [0.717, 1.165) is 18.4 Å². The number of benzene rings is 1. The standard InChI is InChI=1S/C12H14FNO3/c1-17-12(16)14-11-9(6-15)4-8(5-10(11)13)7-2-3-7/h4-5,7,15H,2-3,6H2,1H3,(H,14,16). The Morgan fingerprint density at radius 3 is 2.82 bits per heavy atom. The van der Waals surface area contributed by atoms with Crippen molar-refractivity contribution in [2.45, 2.75) is 25.4 Å². The Morgan fingerprint density at radius 1 is 1.59 bits per heavy atom. The topological polar surface area (TPSA) is 58.6 Å². The smallest absolute Gasteiger partial charge is 0.411 e. The molecule has 1 aliphatic rings. The summed E-state index contributed by atoms with van der Waals surface area (Å²) in [6, 6.07) is 3.13. The van der Waals surface area contributed by atoms with Gasteiger partial charge in [0, 0.05) is 5.56 Å². The lowest BCUT2D eigenvalue weighted by Crippen LogP contribution is -2.14. The van der Waals surface area contributed by atoms with Gasteiger partial charge in [-0.05, 0) is 30.4 Å². The summed E-state index contributed by atoms with van der Waals surface area (Å²) in [6.07, 6.45) is 1.35. The SMILES string of the molecule is COC(=O)Nc1c(F)cc(C2CC2)cc1CO. The van der Waals surface area contributed by atoms with Gasteiger partial charge in [0.05, 0.1) is 19.4 Å². The maximum Gasteiger partial charge on any atom is 0.411 e. The lowest BCUT2D eigenvalue weighted by molar-refractivity contribution is 0.186. The highest BCUT2D eigenvalue weighted by Crippen LogP contribution is 2.41. The lowest BCUT2D eigenvalue weighted by Gasteiger charge is -2.12. The van der Waals surface area contributed by atoms with Crippen molar-refractivity contribution in [2.75, 3.05) is 12.4 Å². The molecule has 0 radical (unpaired) electrons. The molecule has 0 atom stereocenters. The van der Waals surface area contributed by atoms with Crippen molar-refractivity contribution in [3.05, 3.63) is 29.1 Å². The second-order valence-corrected chi connectivity index (χ2v) is 4.09. The van der Waals surface area contributed by atoms with Gasteiger partial charge in [-0.1, -0.05) is 6.07 Å². The molecule has 2 N–H and O–H groups in total. The summed E-state index contributed by atoms with van der Waals surface area (Å²) in [5.74, 6) is -0.147. The Hall–Kier alpha value is -1.62. The van der Waals surface area contributed by atoms with Crippen LogP contribution in [0, 0.1) is 5.82 Å². The van der Waals surface area contributed by atoms with Gasteiger partial charge in [-0.25, -0.2) is 9.18 Å². The molecule has 1 aromatic carbocycles. The van der Waals surface area contributed by atoms with E-state index in [9.17, 15) is 14.3 Å². The van der Waals surface area contributed by atoms with Crippen LogP contribution >= 0.6 is 0 Å². The van der Waals surface area contributed by atoms with E-state index in [4.69, 9.17) is 0 Å². The molecule has 1 amide bonds. The van der Waals surface area contributed by atoms with Gasteiger partial charge in [-0.2, -0.15) is 0 Å². The summed E-state index contributed by atoms with van der Waals surface area (Å²) in [7, 11) is 1.20. The average molecular weight is 239 g/mol. The lowest BCUT2D eigenvalue weighted by atomic mass is 10.0. The van der Waals surface area contributed by atoms with Crippen LogP contribution in [0.3, 0.4) is 0 Å². The van der Waals surface area contributed by atoms with Crippen LogP contribution in [0.4, 0.5) is 14.9 Å². The molecule has 5 heteroatoms. The van der Waals surface area contributed by atoms with Crippen LogP contribution in [-0.2, 0) is 11.3 Å². The van der Waals surface area contributed by atoms with Crippen LogP contribution in [-0.4, -0.2) is 18.3 Å². The second kappa shape index (κ2) is 4.71. The first-order chi connectivity index (χ1) is 8.15. The Morgan fingerprint density at radius 2 is 2.29 bits per heavy atom. The van der Waals surface area contributed by atoms with E-state index in [-0.39, 0.29) is 12.3 Å². The maximum absolute atomic E-state index is 13.8. The van der Waals surface area contributed by atoms with Crippen molar-refractivity contribution >= 4 is 11.8 Å². The number of carbonyl (C=O) groups excluding carboxylic acids is 1. The van der Waals surface area contributed by atoms with E-state index in [1.165, 1.54) is 13.2 Å². The maximum atomic E-state index is 13.8. The van der Waals surface area contributed by atoms with Gasteiger partial charge in [0.25, 0.3) is 0 Å². The van der Waals surface area contributed by atoms with Crippen LogP contribution in [0.15, 0.2) is 12.1 Å². The minimum atomic E-state index is -0.752. The van der Waals surface area contributed by atoms with Gasteiger partial charge < -0.3 is 9.84 Å². The quantitative estimate of drug-likeness (QED) is 0.851. The largest absolute Gasteiger partial charge is 0.453 e. The number of amides is 1. The number of rotatable bonds is 3. The number of carbonyl (C=O) groups is 1. The zero-order valence-corrected chi connectivity index (χ0v) is 9.50. The monoisotopic (exact) mass is 239 g/mol. The van der Waals surface area contributed by atoms with Crippen LogP contribution in [0.1, 0.15) is 29.9 Å². The highest BCUT2D eigenvalue weighted by atomic mass is 19.1. The predicted molar refractivity (Wildman–Crippen MR) is 60.3 cm³/mol. The molecule has 0 aromatic heterocycles. The molecule has 17 heavy (non-hydrogen) atoms. The summed E-state index contributed by atoms with van der Waals surface area (Å²) in [5.41, 5.74) is 1.24. The van der Waals surface area contributed by atoms with Crippen molar-refractivity contribution in [1.29, 1.82) is 0 Å². The van der Waals surface area contributed by atoms with Gasteiger partial charge in [-0.3, -0.25) is 5.32 Å². The zero-order chi connectivity index (χ0) is 12.4. The molecule has 1 aromatic rings. The first kappa shape index (κ1) is 11.9. The van der Waals surface area contributed by atoms with Crippen molar-refractivity contribution < 1.29 is 19.0 Å². The molecule has 1 aliphatic carbocycles. The van der Waals surface area contributed by atoms with Crippen LogP contribution in [0.2, 0.25) is 0 Å². The minimum Gasteiger partial charge on any atom is -0.453 e. The van der Waals surface area contributed by atoms with Gasteiger partial charge in [0.1, 0.15) is 5.82 Å². The molecule has 0 spiro atoms. The molecule has 0 bridgehead atoms. The molecule has 1 saturated carbocycles. The van der Waals surface area contributed by atoms with E-state index >= 15 is 0 Å². The Balaban J connectivity index is 2.32. The second-order valence-electron chi connectivity index (χ2n) is 4.09. The summed E-state index contributed by atoms with van der Waals surface area (Å²) in [5, 5.41) is 11.5. The Kier molecular flexibility index (Phi) is 3.28. The minimum absolute atomic E-state index is 0.0104. The predicted octanol–water partition coefficient (Wildman–Crippen LogP) is 2.37. The number of hydrogen-bond acceptors (Lipinski definition) is 3. The van der Waals surface area contributed by atoms with Crippen LogP contribution in [0.25, 0.3) is 0 Å². The van der Waals surface area contributed by atoms with Gasteiger partial charge >= 0.3 is 6.09 Å². The Labute approximate surface area is 98.4 Å². The van der Waals surface area contributed by atoms with Crippen LogP contribution < -0.4 is 5.32 Å². The number of nitrogens with one attached hydrogen (secondary N) is 1. The fraction of sp³-hybridized carbons (Fsp3) is 0.417. The summed E-state index contributed by atoms with van der Waals surface area (Å²) >= 11 is 0. The molecule has 2 rings (SSSR count). The van der Waals surface area contributed by atoms with Crippen molar-refractivity contribution in [1.82, 2.24) is 0 Å². The zero-order valence-electron chi connectivity index (χ0n) is 9.50. The van der Waals surface area contributed by atoms with E-state index < -0.39 is 11.9 Å². The molecule has 0 unspecified atom stereocenters. The number of methoxy groups -OCH3 is 1. The molecular formula is C12H14FNO3. The molecule has 0 aliphatic heterocycles. The molecule has 4 nitrogen and oxygen atoms in total. The van der Waals surface area contributed by atoms with Crippen molar-refractivity contribution in [3.8, 4) is 0 Å². The van der Waals surface area contributed by atoms with Crippen molar-refractivity contribution in [2.24, 2.45) is 0 Å². The molecular weight excluding hydrogens is 225 g/mol. The summed E-state index contributed by atoms with van der Waals surface area (Å²) in [6.45, 7) is -0.323. The molecule has 92 valence electrons. The van der Waals surface area contributed by atoms with E-state index in [0.29, 0.717) is 11.5 Å². The van der Waals surface area contributed by atoms with Crippen LogP contribution in [0.5, 0.6) is 0 Å². The van der Waals surface area contributed by atoms with Gasteiger partial charge in [0.15, 0.2) is 0 Å². The first-order valence-electron chi connectivity index (χ1n) is 5.44. The molecule has 0 saturated heterocycles. The van der Waals surface area contributed by atoms with Crippen molar-refractivity contribution in [3.63, 3.8) is 0 Å². The third-order valence-corrected chi connectivity index (χ3v) is 2.83. The normalized spacial score (nSPS) is 14.5. The first-order valence-corrected chi connectivity index (χ1v) is 5.44. The van der Waals surface area contributed by atoms with E-state index in [1.807, 2.05) is 0 Å². The van der Waals surface area contributed by atoms with Gasteiger partial charge in [-0.15, -0.1) is 0 Å². The number of aliphatic hydroxyl groups is 1. The summed E-state index contributed by atoms with van der Waals surface area (Å²) in [4.78, 5) is 11.1. The fourth-order valence-corrected chi connectivity index (χ4v) is 1.76. The highest BCUT2D eigenvalue weighted by molar-refractivity contribution is 5.85. The summed E-state index contributed by atoms with van der Waals surface area (Å²) < 4.78 is 18.2. The Bertz CT molecular complexity index is 444. The molecule has 0 heterocycles. The van der Waals surface area contributed by atoms with E-state index in [1.54, 1.807) is 6.07 Å². The van der Waals surface area contributed by atoms with E-state index in [2.05, 4.69) is 10.1 Å². The highest BCUT2D eigenvalue weighted by Gasteiger charge is 2.26.